The van der Waals surface area contributed by atoms with E-state index in [9.17, 15) is 17.6 Å². The second kappa shape index (κ2) is 5.38. The lowest BCUT2D eigenvalue weighted by Gasteiger charge is -2.08. The highest BCUT2D eigenvalue weighted by Gasteiger charge is 2.15. The molecule has 0 aliphatic carbocycles. The summed E-state index contributed by atoms with van der Waals surface area (Å²) in [7, 11) is -3.91. The number of halogens is 1. The van der Waals surface area contributed by atoms with Crippen LogP contribution in [-0.4, -0.2) is 19.2 Å². The number of ketones is 1. The molecule has 1 aromatic heterocycles. The first-order valence-corrected chi connectivity index (χ1v) is 7.11. The molecule has 5 nitrogen and oxygen atoms in total. The molecule has 0 aliphatic heterocycles. The summed E-state index contributed by atoms with van der Waals surface area (Å²) in [6.45, 7) is 1.41. The molecule has 0 fully saturated rings. The van der Waals surface area contributed by atoms with Gasteiger partial charge in [0, 0.05) is 17.4 Å². The van der Waals surface area contributed by atoms with Crippen LogP contribution in [0.2, 0.25) is 0 Å². The van der Waals surface area contributed by atoms with Gasteiger partial charge in [0.1, 0.15) is 10.7 Å². The van der Waals surface area contributed by atoms with E-state index in [2.05, 4.69) is 9.71 Å². The Bertz CT molecular complexity index is 742. The number of nitrogens with one attached hydrogen (secondary N) is 1. The van der Waals surface area contributed by atoms with Crippen LogP contribution < -0.4 is 4.72 Å². The first-order valence-electron chi connectivity index (χ1n) is 5.63. The summed E-state index contributed by atoms with van der Waals surface area (Å²) in [6.07, 6.45) is 1.97. The van der Waals surface area contributed by atoms with Gasteiger partial charge in [0.15, 0.2) is 5.78 Å². The summed E-state index contributed by atoms with van der Waals surface area (Å²) in [6, 6.07) is 6.80. The lowest BCUT2D eigenvalue weighted by atomic mass is 10.1. The second-order valence-electron chi connectivity index (χ2n) is 4.08. The van der Waals surface area contributed by atoms with Crippen LogP contribution in [0.15, 0.2) is 47.6 Å². The van der Waals surface area contributed by atoms with Crippen LogP contribution in [0.3, 0.4) is 0 Å². The summed E-state index contributed by atoms with van der Waals surface area (Å²) in [5, 5.41) is 0. The topological polar surface area (TPSA) is 76.1 Å². The summed E-state index contributed by atoms with van der Waals surface area (Å²) < 4.78 is 39.2. The van der Waals surface area contributed by atoms with Crippen LogP contribution in [0, 0.1) is 5.82 Å². The average Bonchev–Trinajstić information content (AvgIpc) is 2.39. The van der Waals surface area contributed by atoms with Gasteiger partial charge in [0.2, 0.25) is 0 Å². The maximum absolute atomic E-state index is 13.0. The van der Waals surface area contributed by atoms with Crippen molar-refractivity contribution in [1.82, 2.24) is 4.98 Å². The monoisotopic (exact) mass is 294 g/mol. The van der Waals surface area contributed by atoms with Crippen molar-refractivity contribution in [3.8, 4) is 0 Å². The van der Waals surface area contributed by atoms with Crippen molar-refractivity contribution in [2.24, 2.45) is 0 Å². The number of anilines is 1. The number of hydrogen-bond acceptors (Lipinski definition) is 4. The van der Waals surface area contributed by atoms with E-state index in [1.807, 2.05) is 0 Å². The van der Waals surface area contributed by atoms with Crippen LogP contribution in [0.25, 0.3) is 0 Å². The molecule has 0 aliphatic rings. The van der Waals surface area contributed by atoms with Crippen LogP contribution in [0.5, 0.6) is 0 Å². The highest BCUT2D eigenvalue weighted by atomic mass is 32.2. The maximum Gasteiger partial charge on any atom is 0.263 e. The molecule has 2 rings (SSSR count). The van der Waals surface area contributed by atoms with Gasteiger partial charge in [-0.25, -0.2) is 12.8 Å². The minimum absolute atomic E-state index is 0.117. The summed E-state index contributed by atoms with van der Waals surface area (Å²) in [5.41, 5.74) is 0.750. The Morgan fingerprint density at radius 3 is 2.40 bits per heavy atom. The Hall–Kier alpha value is -2.28. The quantitative estimate of drug-likeness (QED) is 0.877. The Balaban J connectivity index is 2.26. The minimum atomic E-state index is -3.91. The molecular weight excluding hydrogens is 283 g/mol. The molecule has 1 heterocycles. The number of pyridine rings is 1. The molecule has 0 amide bonds. The van der Waals surface area contributed by atoms with E-state index in [1.165, 1.54) is 31.2 Å². The first kappa shape index (κ1) is 14.1. The Kier molecular flexibility index (Phi) is 3.80. The van der Waals surface area contributed by atoms with E-state index in [0.29, 0.717) is 5.56 Å². The van der Waals surface area contributed by atoms with Gasteiger partial charge >= 0.3 is 0 Å². The van der Waals surface area contributed by atoms with Gasteiger partial charge < -0.3 is 0 Å². The number of hydrogen-bond donors (Lipinski definition) is 1. The van der Waals surface area contributed by atoms with Gasteiger partial charge in [-0.2, -0.15) is 0 Å². The van der Waals surface area contributed by atoms with Crippen molar-refractivity contribution >= 4 is 21.5 Å². The van der Waals surface area contributed by atoms with Crippen molar-refractivity contribution in [2.45, 2.75) is 11.8 Å². The van der Waals surface area contributed by atoms with E-state index in [-0.39, 0.29) is 16.4 Å². The Labute approximate surface area is 115 Å². The smallest absolute Gasteiger partial charge is 0.263 e. The molecule has 20 heavy (non-hydrogen) atoms. The minimum Gasteiger partial charge on any atom is -0.295 e. The fourth-order valence-electron chi connectivity index (χ4n) is 1.53. The number of sulfonamides is 1. The third kappa shape index (κ3) is 3.18. The zero-order chi connectivity index (χ0) is 14.8. The van der Waals surface area contributed by atoms with Crippen LogP contribution in [0.4, 0.5) is 10.1 Å². The number of rotatable bonds is 4. The number of carbonyl (C=O) groups is 1. The molecule has 1 N–H and O–H groups in total. The standard InChI is InChI=1S/C13H11FN2O3S/c1-9(17)10-2-4-12(5-3-10)16-20(18,19)13-6-11(14)7-15-8-13/h2-8,16H,1H3. The first-order chi connectivity index (χ1) is 9.38. The molecule has 0 unspecified atom stereocenters. The van der Waals surface area contributed by atoms with Crippen molar-refractivity contribution < 1.29 is 17.6 Å². The lowest BCUT2D eigenvalue weighted by Crippen LogP contribution is -2.13. The molecule has 2 aromatic rings. The molecule has 7 heteroatoms. The van der Waals surface area contributed by atoms with Gasteiger partial charge in [-0.15, -0.1) is 0 Å². The van der Waals surface area contributed by atoms with Crippen LogP contribution in [0.1, 0.15) is 17.3 Å². The number of carbonyl (C=O) groups excluding carboxylic acids is 1. The SMILES string of the molecule is CC(=O)c1ccc(NS(=O)(=O)c2cncc(F)c2)cc1. The normalized spacial score (nSPS) is 11.1. The van der Waals surface area contributed by atoms with E-state index >= 15 is 0 Å². The molecule has 0 spiro atoms. The lowest BCUT2D eigenvalue weighted by molar-refractivity contribution is 0.101. The molecule has 104 valence electrons. The van der Waals surface area contributed by atoms with Crippen molar-refractivity contribution in [3.63, 3.8) is 0 Å². The highest BCUT2D eigenvalue weighted by molar-refractivity contribution is 7.92. The van der Waals surface area contributed by atoms with Gasteiger partial charge in [0.05, 0.1) is 6.20 Å². The van der Waals surface area contributed by atoms with E-state index in [0.717, 1.165) is 18.5 Å². The molecule has 0 bridgehead atoms. The third-order valence-electron chi connectivity index (χ3n) is 2.53. The summed E-state index contributed by atoms with van der Waals surface area (Å²) in [5.74, 6) is -0.853. The fraction of sp³-hybridized carbons (Fsp3) is 0.0769. The summed E-state index contributed by atoms with van der Waals surface area (Å²) >= 11 is 0. The van der Waals surface area contributed by atoms with Crippen LogP contribution >= 0.6 is 0 Å². The van der Waals surface area contributed by atoms with Crippen molar-refractivity contribution in [1.29, 1.82) is 0 Å². The molecule has 0 saturated carbocycles. The van der Waals surface area contributed by atoms with Gasteiger partial charge in [0.25, 0.3) is 10.0 Å². The molecule has 0 saturated heterocycles. The second-order valence-corrected chi connectivity index (χ2v) is 5.76. The number of nitrogens with zero attached hydrogens (tertiary/aromatic N) is 1. The highest BCUT2D eigenvalue weighted by Crippen LogP contribution is 2.16. The maximum atomic E-state index is 13.0. The van der Waals surface area contributed by atoms with Crippen LogP contribution in [-0.2, 0) is 10.0 Å². The third-order valence-corrected chi connectivity index (χ3v) is 3.88. The predicted octanol–water partition coefficient (Wildman–Crippen LogP) is 2.22. The van der Waals surface area contributed by atoms with Gasteiger partial charge in [-0.05, 0) is 37.3 Å². The number of benzene rings is 1. The van der Waals surface area contributed by atoms with Crippen molar-refractivity contribution in [2.75, 3.05) is 4.72 Å². The number of Topliss-reactive ketones (excluding diaryl/α,β-unsaturated/α-hetero) is 1. The zero-order valence-electron chi connectivity index (χ0n) is 10.5. The van der Waals surface area contributed by atoms with E-state index < -0.39 is 15.8 Å². The largest absolute Gasteiger partial charge is 0.295 e. The van der Waals surface area contributed by atoms with E-state index in [1.54, 1.807) is 0 Å². The van der Waals surface area contributed by atoms with Crippen molar-refractivity contribution in [3.05, 3.63) is 54.1 Å². The molecule has 0 atom stereocenters. The number of aromatic nitrogens is 1. The molecular formula is C13H11FN2O3S. The van der Waals surface area contributed by atoms with E-state index in [4.69, 9.17) is 0 Å². The summed E-state index contributed by atoms with van der Waals surface area (Å²) in [4.78, 5) is 14.3. The predicted molar refractivity (Wildman–Crippen MR) is 71.5 cm³/mol. The van der Waals surface area contributed by atoms with Gasteiger partial charge in [-0.1, -0.05) is 0 Å². The van der Waals surface area contributed by atoms with Gasteiger partial charge in [-0.3, -0.25) is 14.5 Å². The zero-order valence-corrected chi connectivity index (χ0v) is 11.3. The molecule has 1 aromatic carbocycles. The fourth-order valence-corrected chi connectivity index (χ4v) is 2.56. The Morgan fingerprint density at radius 2 is 1.85 bits per heavy atom. The molecule has 0 radical (unpaired) electrons. The average molecular weight is 294 g/mol. The Morgan fingerprint density at radius 1 is 1.20 bits per heavy atom.